The molecule has 1 aromatic rings. The highest BCUT2D eigenvalue weighted by molar-refractivity contribution is 5.40. The third kappa shape index (κ3) is 3.64. The Labute approximate surface area is 96.7 Å². The van der Waals surface area contributed by atoms with Crippen LogP contribution in [0, 0.1) is 0 Å². The van der Waals surface area contributed by atoms with E-state index in [0.717, 1.165) is 24.6 Å². The molecule has 0 atom stereocenters. The van der Waals surface area contributed by atoms with Gasteiger partial charge >= 0.3 is 0 Å². The van der Waals surface area contributed by atoms with Crippen molar-refractivity contribution in [1.29, 1.82) is 0 Å². The van der Waals surface area contributed by atoms with Gasteiger partial charge in [0.05, 0.1) is 12.3 Å². The molecule has 0 radical (unpaired) electrons. The van der Waals surface area contributed by atoms with Gasteiger partial charge in [0.2, 0.25) is 0 Å². The molecule has 0 spiro atoms. The quantitative estimate of drug-likeness (QED) is 0.702. The Morgan fingerprint density at radius 2 is 2.38 bits per heavy atom. The van der Waals surface area contributed by atoms with E-state index in [1.807, 2.05) is 24.3 Å². The number of nitrogens with two attached hydrogens (primary N) is 1. The summed E-state index contributed by atoms with van der Waals surface area (Å²) < 4.78 is 5.07. The van der Waals surface area contributed by atoms with E-state index in [-0.39, 0.29) is 0 Å². The van der Waals surface area contributed by atoms with Gasteiger partial charge in [-0.15, -0.1) is 6.58 Å². The molecule has 0 saturated heterocycles. The van der Waals surface area contributed by atoms with Crippen molar-refractivity contribution in [2.45, 2.75) is 6.54 Å². The lowest BCUT2D eigenvalue weighted by atomic mass is 10.3. The van der Waals surface area contributed by atoms with Crippen LogP contribution in [-0.4, -0.2) is 31.8 Å². The highest BCUT2D eigenvalue weighted by Crippen LogP contribution is 2.11. The zero-order chi connectivity index (χ0) is 11.8. The van der Waals surface area contributed by atoms with Crippen LogP contribution in [0.15, 0.2) is 30.9 Å². The third-order valence-corrected chi connectivity index (χ3v) is 2.24. The van der Waals surface area contributed by atoms with Crippen molar-refractivity contribution in [3.8, 4) is 0 Å². The zero-order valence-electron chi connectivity index (χ0n) is 9.72. The molecule has 0 aliphatic rings. The minimum atomic E-state index is 0.458. The topological polar surface area (TPSA) is 51.4 Å². The van der Waals surface area contributed by atoms with E-state index in [0.29, 0.717) is 13.2 Å². The van der Waals surface area contributed by atoms with Crippen molar-refractivity contribution < 1.29 is 4.74 Å². The van der Waals surface area contributed by atoms with Gasteiger partial charge in [0, 0.05) is 26.7 Å². The lowest BCUT2D eigenvalue weighted by Crippen LogP contribution is -2.28. The summed E-state index contributed by atoms with van der Waals surface area (Å²) >= 11 is 0. The number of ether oxygens (including phenoxy) is 1. The molecule has 0 bridgehead atoms. The maximum absolute atomic E-state index is 5.57. The largest absolute Gasteiger partial charge is 0.383 e. The lowest BCUT2D eigenvalue weighted by Gasteiger charge is -2.22. The molecule has 1 heterocycles. The first kappa shape index (κ1) is 12.7. The molecule has 1 aromatic heterocycles. The summed E-state index contributed by atoms with van der Waals surface area (Å²) in [4.78, 5) is 6.57. The first-order valence-corrected chi connectivity index (χ1v) is 5.32. The van der Waals surface area contributed by atoms with Gasteiger partial charge in [-0.2, -0.15) is 0 Å². The SMILES string of the molecule is C=CCN(CCOC)c1cccc(CN)n1. The molecule has 4 heteroatoms. The number of anilines is 1. The molecule has 0 aliphatic carbocycles. The van der Waals surface area contributed by atoms with Gasteiger partial charge in [-0.1, -0.05) is 12.1 Å². The molecule has 4 nitrogen and oxygen atoms in total. The number of rotatable bonds is 7. The summed E-state index contributed by atoms with van der Waals surface area (Å²) in [7, 11) is 1.69. The summed E-state index contributed by atoms with van der Waals surface area (Å²) in [6.45, 7) is 6.42. The molecule has 16 heavy (non-hydrogen) atoms. The van der Waals surface area contributed by atoms with Crippen molar-refractivity contribution in [1.82, 2.24) is 4.98 Å². The second kappa shape index (κ2) is 6.98. The molecule has 2 N–H and O–H groups in total. The maximum Gasteiger partial charge on any atom is 0.129 e. The first-order chi connectivity index (χ1) is 7.81. The summed E-state index contributed by atoms with van der Waals surface area (Å²) in [5.41, 5.74) is 6.46. The molecular weight excluding hydrogens is 202 g/mol. The molecule has 1 rings (SSSR count). The van der Waals surface area contributed by atoms with Crippen LogP contribution >= 0.6 is 0 Å². The van der Waals surface area contributed by atoms with E-state index in [2.05, 4.69) is 16.5 Å². The van der Waals surface area contributed by atoms with Crippen LogP contribution in [0.4, 0.5) is 5.82 Å². The molecule has 0 amide bonds. The van der Waals surface area contributed by atoms with Crippen LogP contribution in [0.25, 0.3) is 0 Å². The summed E-state index contributed by atoms with van der Waals surface area (Å²) in [6.07, 6.45) is 1.85. The highest BCUT2D eigenvalue weighted by Gasteiger charge is 2.06. The van der Waals surface area contributed by atoms with Crippen molar-refractivity contribution >= 4 is 5.82 Å². The lowest BCUT2D eigenvalue weighted by molar-refractivity contribution is 0.205. The summed E-state index contributed by atoms with van der Waals surface area (Å²) in [6, 6.07) is 5.86. The van der Waals surface area contributed by atoms with Gasteiger partial charge < -0.3 is 15.4 Å². The number of pyridine rings is 1. The average Bonchev–Trinajstić information content (AvgIpc) is 2.34. The molecule has 0 aromatic carbocycles. The van der Waals surface area contributed by atoms with E-state index in [1.54, 1.807) is 7.11 Å². The Kier molecular flexibility index (Phi) is 5.53. The molecule has 88 valence electrons. The van der Waals surface area contributed by atoms with Crippen LogP contribution in [0.1, 0.15) is 5.69 Å². The van der Waals surface area contributed by atoms with Gasteiger partial charge in [-0.25, -0.2) is 4.98 Å². The number of hydrogen-bond acceptors (Lipinski definition) is 4. The zero-order valence-corrected chi connectivity index (χ0v) is 9.72. The van der Waals surface area contributed by atoms with Gasteiger partial charge in [-0.05, 0) is 12.1 Å². The number of methoxy groups -OCH3 is 1. The van der Waals surface area contributed by atoms with E-state index >= 15 is 0 Å². The van der Waals surface area contributed by atoms with Crippen LogP contribution < -0.4 is 10.6 Å². The fourth-order valence-corrected chi connectivity index (χ4v) is 1.41. The Morgan fingerprint density at radius 3 is 3.00 bits per heavy atom. The molecule has 0 unspecified atom stereocenters. The van der Waals surface area contributed by atoms with Gasteiger partial charge in [-0.3, -0.25) is 0 Å². The fourth-order valence-electron chi connectivity index (χ4n) is 1.41. The maximum atomic E-state index is 5.57. The molecule has 0 fully saturated rings. The van der Waals surface area contributed by atoms with Crippen molar-refractivity contribution in [3.63, 3.8) is 0 Å². The number of nitrogens with zero attached hydrogens (tertiary/aromatic N) is 2. The summed E-state index contributed by atoms with van der Waals surface area (Å²) in [5.74, 6) is 0.917. The average molecular weight is 221 g/mol. The van der Waals surface area contributed by atoms with Crippen LogP contribution in [0.3, 0.4) is 0 Å². The van der Waals surface area contributed by atoms with Crippen molar-refractivity contribution in [2.24, 2.45) is 5.73 Å². The second-order valence-corrected chi connectivity index (χ2v) is 3.42. The van der Waals surface area contributed by atoms with Gasteiger partial charge in [0.25, 0.3) is 0 Å². The second-order valence-electron chi connectivity index (χ2n) is 3.42. The van der Waals surface area contributed by atoms with E-state index < -0.39 is 0 Å². The molecule has 0 aliphatic heterocycles. The van der Waals surface area contributed by atoms with Crippen molar-refractivity contribution in [2.75, 3.05) is 31.7 Å². The van der Waals surface area contributed by atoms with E-state index in [4.69, 9.17) is 10.5 Å². The van der Waals surface area contributed by atoms with Crippen LogP contribution in [0.5, 0.6) is 0 Å². The normalized spacial score (nSPS) is 10.1. The van der Waals surface area contributed by atoms with E-state index in [9.17, 15) is 0 Å². The van der Waals surface area contributed by atoms with Crippen LogP contribution in [-0.2, 0) is 11.3 Å². The highest BCUT2D eigenvalue weighted by atomic mass is 16.5. The van der Waals surface area contributed by atoms with Gasteiger partial charge in [0.15, 0.2) is 0 Å². The third-order valence-electron chi connectivity index (χ3n) is 2.24. The van der Waals surface area contributed by atoms with Crippen molar-refractivity contribution in [3.05, 3.63) is 36.5 Å². The van der Waals surface area contributed by atoms with Gasteiger partial charge in [0.1, 0.15) is 5.82 Å². The Morgan fingerprint density at radius 1 is 1.56 bits per heavy atom. The smallest absolute Gasteiger partial charge is 0.129 e. The van der Waals surface area contributed by atoms with Crippen LogP contribution in [0.2, 0.25) is 0 Å². The summed E-state index contributed by atoms with van der Waals surface area (Å²) in [5, 5.41) is 0. The minimum Gasteiger partial charge on any atom is -0.383 e. The fraction of sp³-hybridized carbons (Fsp3) is 0.417. The first-order valence-electron chi connectivity index (χ1n) is 5.32. The number of hydrogen-bond donors (Lipinski definition) is 1. The predicted octanol–water partition coefficient (Wildman–Crippen LogP) is 1.18. The predicted molar refractivity (Wildman–Crippen MR) is 66.4 cm³/mol. The minimum absolute atomic E-state index is 0.458. The number of aromatic nitrogens is 1. The monoisotopic (exact) mass is 221 g/mol. The van der Waals surface area contributed by atoms with E-state index in [1.165, 1.54) is 0 Å². The Balaban J connectivity index is 2.77. The Hall–Kier alpha value is -1.39. The molecule has 0 saturated carbocycles. The molecular formula is C12H19N3O. The standard InChI is InChI=1S/C12H19N3O/c1-3-7-15(8-9-16-2)12-6-4-5-11(10-13)14-12/h3-6H,1,7-10,13H2,2H3. The Bertz CT molecular complexity index is 328.